The normalized spacial score (nSPS) is 10.8. The van der Waals surface area contributed by atoms with Crippen LogP contribution in [0, 0.1) is 12.7 Å². The van der Waals surface area contributed by atoms with Gasteiger partial charge in [-0.3, -0.25) is 0 Å². The lowest BCUT2D eigenvalue weighted by Gasteiger charge is -2.10. The molecule has 3 aromatic rings. The Morgan fingerprint density at radius 1 is 1.21 bits per heavy atom. The van der Waals surface area contributed by atoms with Crippen LogP contribution >= 0.6 is 23.8 Å². The molecule has 0 aliphatic rings. The summed E-state index contributed by atoms with van der Waals surface area (Å²) in [6.45, 7) is 2.65. The zero-order valence-corrected chi connectivity index (χ0v) is 14.7. The predicted molar refractivity (Wildman–Crippen MR) is 102 cm³/mol. The van der Waals surface area contributed by atoms with Gasteiger partial charge in [-0.25, -0.2) is 4.39 Å². The number of H-pyrrole nitrogens is 1. The van der Waals surface area contributed by atoms with Crippen LogP contribution in [-0.2, 0) is 6.42 Å². The second kappa shape index (κ2) is 7.20. The Hall–Kier alpha value is -2.11. The topological polar surface area (TPSA) is 39.9 Å². The lowest BCUT2D eigenvalue weighted by Crippen LogP contribution is -2.30. The summed E-state index contributed by atoms with van der Waals surface area (Å²) in [7, 11) is 0. The first-order valence-electron chi connectivity index (χ1n) is 7.60. The summed E-state index contributed by atoms with van der Waals surface area (Å²) in [4.78, 5) is 3.28. The Bertz CT molecular complexity index is 874. The molecule has 6 heteroatoms. The van der Waals surface area contributed by atoms with Gasteiger partial charge >= 0.3 is 0 Å². The number of thiocarbonyl (C=S) groups is 1. The molecule has 1 aromatic heterocycles. The quantitative estimate of drug-likeness (QED) is 0.585. The van der Waals surface area contributed by atoms with Gasteiger partial charge in [-0.05, 0) is 73.6 Å². The molecule has 1 heterocycles. The molecule has 0 aliphatic heterocycles. The van der Waals surface area contributed by atoms with Gasteiger partial charge in [0.25, 0.3) is 0 Å². The number of aromatic amines is 1. The maximum Gasteiger partial charge on any atom is 0.170 e. The molecule has 0 fully saturated rings. The molecule has 124 valence electrons. The third kappa shape index (κ3) is 3.86. The predicted octanol–water partition coefficient (Wildman–Crippen LogP) is 4.80. The highest BCUT2D eigenvalue weighted by molar-refractivity contribution is 7.80. The first-order chi connectivity index (χ1) is 11.5. The number of fused-ring (bicyclic) bond motifs is 1. The first kappa shape index (κ1) is 16.7. The molecule has 0 atom stereocenters. The van der Waals surface area contributed by atoms with E-state index in [0.29, 0.717) is 16.7 Å². The lowest BCUT2D eigenvalue weighted by molar-refractivity contribution is 0.629. The second-order valence-electron chi connectivity index (χ2n) is 5.56. The van der Waals surface area contributed by atoms with Gasteiger partial charge < -0.3 is 15.6 Å². The SMILES string of the molecule is Cc1[nH]c2ccc(F)cc2c1CCNC(=S)Nc1ccc(Cl)cc1. The van der Waals surface area contributed by atoms with Crippen LogP contribution < -0.4 is 10.6 Å². The Kier molecular flexibility index (Phi) is 5.02. The van der Waals surface area contributed by atoms with Gasteiger partial charge in [0.2, 0.25) is 0 Å². The van der Waals surface area contributed by atoms with Gasteiger partial charge in [0.1, 0.15) is 5.82 Å². The summed E-state index contributed by atoms with van der Waals surface area (Å²) >= 11 is 11.1. The van der Waals surface area contributed by atoms with Gasteiger partial charge in [-0.2, -0.15) is 0 Å². The number of aromatic nitrogens is 1. The third-order valence-corrected chi connectivity index (χ3v) is 4.34. The van der Waals surface area contributed by atoms with Crippen molar-refractivity contribution in [2.24, 2.45) is 0 Å². The van der Waals surface area contributed by atoms with Crippen molar-refractivity contribution in [3.8, 4) is 0 Å². The van der Waals surface area contributed by atoms with Crippen molar-refractivity contribution in [3.63, 3.8) is 0 Å². The summed E-state index contributed by atoms with van der Waals surface area (Å²) in [6, 6.07) is 12.1. The summed E-state index contributed by atoms with van der Waals surface area (Å²) in [5.74, 6) is -0.226. The van der Waals surface area contributed by atoms with Crippen molar-refractivity contribution in [2.75, 3.05) is 11.9 Å². The molecular weight excluding hydrogens is 345 g/mol. The number of anilines is 1. The van der Waals surface area contributed by atoms with Crippen molar-refractivity contribution < 1.29 is 4.39 Å². The number of rotatable bonds is 4. The van der Waals surface area contributed by atoms with Crippen molar-refractivity contribution in [3.05, 3.63) is 64.6 Å². The minimum absolute atomic E-state index is 0.226. The molecule has 3 rings (SSSR count). The van der Waals surface area contributed by atoms with Gasteiger partial charge in [0.15, 0.2) is 5.11 Å². The maximum atomic E-state index is 13.5. The zero-order chi connectivity index (χ0) is 17.1. The average Bonchev–Trinajstić information content (AvgIpc) is 2.85. The van der Waals surface area contributed by atoms with Gasteiger partial charge in [0.05, 0.1) is 0 Å². The maximum absolute atomic E-state index is 13.5. The molecule has 0 saturated carbocycles. The van der Waals surface area contributed by atoms with Crippen LogP contribution in [0.2, 0.25) is 5.02 Å². The van der Waals surface area contributed by atoms with Crippen LogP contribution in [0.3, 0.4) is 0 Å². The van der Waals surface area contributed by atoms with E-state index in [-0.39, 0.29) is 5.82 Å². The van der Waals surface area contributed by atoms with Crippen molar-refractivity contribution in [2.45, 2.75) is 13.3 Å². The highest BCUT2D eigenvalue weighted by atomic mass is 35.5. The van der Waals surface area contributed by atoms with E-state index in [4.69, 9.17) is 23.8 Å². The fourth-order valence-corrected chi connectivity index (χ4v) is 3.03. The van der Waals surface area contributed by atoms with Crippen LogP contribution in [-0.4, -0.2) is 16.6 Å². The van der Waals surface area contributed by atoms with Crippen molar-refractivity contribution >= 4 is 45.5 Å². The number of benzene rings is 2. The van der Waals surface area contributed by atoms with E-state index in [9.17, 15) is 4.39 Å². The monoisotopic (exact) mass is 361 g/mol. The van der Waals surface area contributed by atoms with E-state index >= 15 is 0 Å². The summed E-state index contributed by atoms with van der Waals surface area (Å²) in [5, 5.41) is 8.42. The first-order valence-corrected chi connectivity index (χ1v) is 8.38. The lowest BCUT2D eigenvalue weighted by atomic mass is 10.1. The molecule has 3 nitrogen and oxygen atoms in total. The highest BCUT2D eigenvalue weighted by Crippen LogP contribution is 2.23. The fourth-order valence-electron chi connectivity index (χ4n) is 2.69. The van der Waals surface area contributed by atoms with Crippen LogP contribution in [0.1, 0.15) is 11.3 Å². The van der Waals surface area contributed by atoms with Gasteiger partial charge in [0, 0.05) is 33.9 Å². The molecule has 0 bridgehead atoms. The molecular formula is C18H17ClFN3S. The van der Waals surface area contributed by atoms with Gasteiger partial charge in [-0.1, -0.05) is 11.6 Å². The van der Waals surface area contributed by atoms with Gasteiger partial charge in [-0.15, -0.1) is 0 Å². The molecule has 0 saturated heterocycles. The number of aryl methyl sites for hydroxylation is 1. The molecule has 0 amide bonds. The molecule has 0 radical (unpaired) electrons. The Morgan fingerprint density at radius 3 is 2.71 bits per heavy atom. The summed E-state index contributed by atoms with van der Waals surface area (Å²) in [6.07, 6.45) is 0.748. The minimum atomic E-state index is -0.226. The third-order valence-electron chi connectivity index (χ3n) is 3.84. The van der Waals surface area contributed by atoms with Crippen LogP contribution in [0.5, 0.6) is 0 Å². The Morgan fingerprint density at radius 2 is 1.96 bits per heavy atom. The van der Waals surface area contributed by atoms with E-state index in [1.165, 1.54) is 6.07 Å². The van der Waals surface area contributed by atoms with Crippen molar-refractivity contribution in [1.29, 1.82) is 0 Å². The van der Waals surface area contributed by atoms with E-state index in [1.54, 1.807) is 24.3 Å². The zero-order valence-electron chi connectivity index (χ0n) is 13.1. The number of nitrogens with one attached hydrogen (secondary N) is 3. The molecule has 0 aliphatic carbocycles. The molecule has 3 N–H and O–H groups in total. The molecule has 2 aromatic carbocycles. The van der Waals surface area contributed by atoms with E-state index in [1.807, 2.05) is 19.1 Å². The second-order valence-corrected chi connectivity index (χ2v) is 6.40. The fraction of sp³-hybridized carbons (Fsp3) is 0.167. The Balaban J connectivity index is 1.60. The van der Waals surface area contributed by atoms with E-state index in [2.05, 4.69) is 15.6 Å². The van der Waals surface area contributed by atoms with E-state index < -0.39 is 0 Å². The molecule has 0 spiro atoms. The summed E-state index contributed by atoms with van der Waals surface area (Å²) < 4.78 is 13.5. The van der Waals surface area contributed by atoms with E-state index in [0.717, 1.165) is 34.3 Å². The Labute approximate surface area is 150 Å². The van der Waals surface area contributed by atoms with Crippen LogP contribution in [0.15, 0.2) is 42.5 Å². The largest absolute Gasteiger partial charge is 0.362 e. The molecule has 24 heavy (non-hydrogen) atoms. The minimum Gasteiger partial charge on any atom is -0.362 e. The van der Waals surface area contributed by atoms with Crippen molar-refractivity contribution in [1.82, 2.24) is 10.3 Å². The summed E-state index contributed by atoms with van der Waals surface area (Å²) in [5.41, 5.74) is 3.98. The average molecular weight is 362 g/mol. The van der Waals surface area contributed by atoms with Crippen LogP contribution in [0.25, 0.3) is 10.9 Å². The number of halogens is 2. The number of hydrogen-bond donors (Lipinski definition) is 3. The number of hydrogen-bond acceptors (Lipinski definition) is 1. The van der Waals surface area contributed by atoms with Crippen LogP contribution in [0.4, 0.5) is 10.1 Å². The highest BCUT2D eigenvalue weighted by Gasteiger charge is 2.09. The standard InChI is InChI=1S/C18H17ClFN3S/c1-11-15(16-10-13(20)4-7-17(16)22-11)8-9-21-18(24)23-14-5-2-12(19)3-6-14/h2-7,10,22H,8-9H2,1H3,(H2,21,23,24). The smallest absolute Gasteiger partial charge is 0.170 e. The molecule has 0 unspecified atom stereocenters.